The number of carboxylic acids is 1. The molecule has 0 atom stereocenters. The summed E-state index contributed by atoms with van der Waals surface area (Å²) < 4.78 is 0. The highest BCUT2D eigenvalue weighted by Crippen LogP contribution is 2.14. The normalized spacial score (nSPS) is 10.8. The quantitative estimate of drug-likeness (QED) is 0.106. The van der Waals surface area contributed by atoms with Gasteiger partial charge in [-0.15, -0.1) is 0 Å². The Balaban J connectivity index is 0. The van der Waals surface area contributed by atoms with E-state index in [4.69, 9.17) is 10.8 Å². The Kier molecular flexibility index (Phi) is 37.2. The van der Waals surface area contributed by atoms with Crippen molar-refractivity contribution < 1.29 is 9.90 Å². The summed E-state index contributed by atoms with van der Waals surface area (Å²) in [6, 6.07) is 0. The number of aliphatic carboxylic acids is 1. The highest BCUT2D eigenvalue weighted by atomic mass is 16.4. The van der Waals surface area contributed by atoms with Gasteiger partial charge in [0.15, 0.2) is 0 Å². The molecule has 0 aliphatic rings. The molecule has 0 saturated carbocycles. The third kappa shape index (κ3) is 40.9. The third-order valence-corrected chi connectivity index (χ3v) is 7.05. The van der Waals surface area contributed by atoms with Crippen molar-refractivity contribution in [3.63, 3.8) is 0 Å². The van der Waals surface area contributed by atoms with Crippen LogP contribution in [0, 0.1) is 0 Å². The minimum Gasteiger partial charge on any atom is -0.481 e. The van der Waals surface area contributed by atoms with Gasteiger partial charge in [0, 0.05) is 6.42 Å². The largest absolute Gasteiger partial charge is 0.481 e. The molecular weight excluding hydrogens is 430 g/mol. The molecule has 0 aromatic carbocycles. The van der Waals surface area contributed by atoms with Crippen LogP contribution >= 0.6 is 0 Å². The molecule has 0 heterocycles. The molecule has 0 aromatic heterocycles. The van der Waals surface area contributed by atoms with Gasteiger partial charge in [0.25, 0.3) is 0 Å². The van der Waals surface area contributed by atoms with Crippen molar-refractivity contribution in [2.24, 2.45) is 5.73 Å². The molecule has 0 amide bonds. The number of nitrogens with two attached hydrogens (primary N) is 1. The molecule has 35 heavy (non-hydrogen) atoms. The van der Waals surface area contributed by atoms with E-state index in [0.717, 1.165) is 19.4 Å². The highest BCUT2D eigenvalue weighted by molar-refractivity contribution is 5.66. The fourth-order valence-electron chi connectivity index (χ4n) is 4.63. The van der Waals surface area contributed by atoms with Crippen molar-refractivity contribution in [1.82, 2.24) is 0 Å². The Labute approximate surface area is 221 Å². The maximum absolute atomic E-state index is 10.3. The first-order valence-corrected chi connectivity index (χ1v) is 16.1. The molecule has 0 radical (unpaired) electrons. The van der Waals surface area contributed by atoms with E-state index >= 15 is 0 Å². The molecule has 0 rings (SSSR count). The first-order chi connectivity index (χ1) is 17.2. The Morgan fingerprint density at radius 2 is 0.657 bits per heavy atom. The number of hydrogen-bond acceptors (Lipinski definition) is 2. The molecule has 0 spiro atoms. The predicted octanol–water partition coefficient (Wildman–Crippen LogP) is 11.0. The van der Waals surface area contributed by atoms with Crippen LogP contribution in [0.25, 0.3) is 0 Å². The van der Waals surface area contributed by atoms with Gasteiger partial charge in [-0.2, -0.15) is 0 Å². The van der Waals surface area contributed by atoms with Crippen LogP contribution in [0.15, 0.2) is 0 Å². The first kappa shape index (κ1) is 36.6. The van der Waals surface area contributed by atoms with Gasteiger partial charge < -0.3 is 10.8 Å². The van der Waals surface area contributed by atoms with Crippen molar-refractivity contribution in [2.45, 2.75) is 194 Å². The van der Waals surface area contributed by atoms with Crippen molar-refractivity contribution in [3.8, 4) is 0 Å². The molecule has 0 aliphatic heterocycles. The van der Waals surface area contributed by atoms with Gasteiger partial charge in [-0.25, -0.2) is 0 Å². The van der Waals surface area contributed by atoms with E-state index < -0.39 is 5.97 Å². The van der Waals surface area contributed by atoms with Crippen LogP contribution < -0.4 is 5.73 Å². The van der Waals surface area contributed by atoms with Crippen LogP contribution in [-0.4, -0.2) is 17.6 Å². The minimum absolute atomic E-state index is 0.345. The average Bonchev–Trinajstić information content (AvgIpc) is 2.85. The van der Waals surface area contributed by atoms with Gasteiger partial charge in [0.2, 0.25) is 0 Å². The summed E-state index contributed by atoms with van der Waals surface area (Å²) in [5.41, 5.74) is 5.47. The van der Waals surface area contributed by atoms with Gasteiger partial charge in [0.05, 0.1) is 0 Å². The third-order valence-electron chi connectivity index (χ3n) is 7.05. The van der Waals surface area contributed by atoms with E-state index in [1.165, 1.54) is 161 Å². The summed E-state index contributed by atoms with van der Waals surface area (Å²) in [4.78, 5) is 10.3. The van der Waals surface area contributed by atoms with E-state index in [2.05, 4.69) is 13.8 Å². The first-order valence-electron chi connectivity index (χ1n) is 16.1. The summed E-state index contributed by atoms with van der Waals surface area (Å²) in [7, 11) is 0. The molecular formula is C32H67NO2. The summed E-state index contributed by atoms with van der Waals surface area (Å²) in [6.45, 7) is 5.42. The molecule has 212 valence electrons. The second-order valence-electron chi connectivity index (χ2n) is 10.8. The van der Waals surface area contributed by atoms with E-state index in [0.29, 0.717) is 6.42 Å². The lowest BCUT2D eigenvalue weighted by Gasteiger charge is -2.02. The van der Waals surface area contributed by atoms with Crippen molar-refractivity contribution in [1.29, 1.82) is 0 Å². The molecule has 0 saturated heterocycles. The van der Waals surface area contributed by atoms with Crippen LogP contribution in [0.5, 0.6) is 0 Å². The zero-order chi connectivity index (χ0) is 26.1. The molecule has 3 heteroatoms. The molecule has 0 fully saturated rings. The summed E-state index contributed by atoms with van der Waals surface area (Å²) in [5.74, 6) is -0.655. The van der Waals surface area contributed by atoms with E-state index in [9.17, 15) is 4.79 Å². The lowest BCUT2D eigenvalue weighted by atomic mass is 10.0. The van der Waals surface area contributed by atoms with Crippen molar-refractivity contribution >= 4 is 5.97 Å². The molecule has 0 aliphatic carbocycles. The fourth-order valence-corrected chi connectivity index (χ4v) is 4.63. The van der Waals surface area contributed by atoms with Gasteiger partial charge in [0.1, 0.15) is 0 Å². The summed E-state index contributed by atoms with van der Waals surface area (Å²) >= 11 is 0. The fraction of sp³-hybridized carbons (Fsp3) is 0.969. The molecule has 0 unspecified atom stereocenters. The summed E-state index contributed by atoms with van der Waals surface area (Å²) in [5, 5.41) is 8.49. The smallest absolute Gasteiger partial charge is 0.303 e. The maximum atomic E-state index is 10.3. The van der Waals surface area contributed by atoms with Crippen LogP contribution in [0.1, 0.15) is 194 Å². The van der Waals surface area contributed by atoms with Crippen LogP contribution in [0.3, 0.4) is 0 Å². The number of carbonyl (C=O) groups is 1. The number of hydrogen-bond donors (Lipinski definition) is 2. The standard InChI is InChI=1S/C16H35N.C16H32O2/c1-2-3-4-5-6-7-8-9-10-11-12-13-14-15-16-17;1-2-3-4-5-6-7-8-9-10-11-12-13-14-15-16(17)18/h2-17H2,1H3;2-15H2,1H3,(H,17,18). The Bertz CT molecular complexity index is 359. The van der Waals surface area contributed by atoms with Gasteiger partial charge in [-0.05, 0) is 19.4 Å². The second kappa shape index (κ2) is 35.6. The Hall–Kier alpha value is -0.570. The van der Waals surface area contributed by atoms with E-state index in [-0.39, 0.29) is 0 Å². The predicted molar refractivity (Wildman–Crippen MR) is 157 cm³/mol. The molecule has 3 N–H and O–H groups in total. The second-order valence-corrected chi connectivity index (χ2v) is 10.8. The Morgan fingerprint density at radius 3 is 0.886 bits per heavy atom. The maximum Gasteiger partial charge on any atom is 0.303 e. The minimum atomic E-state index is -0.655. The number of rotatable bonds is 28. The molecule has 0 aromatic rings. The molecule has 0 bridgehead atoms. The lowest BCUT2D eigenvalue weighted by molar-refractivity contribution is -0.137. The topological polar surface area (TPSA) is 63.3 Å². The molecule has 3 nitrogen and oxygen atoms in total. The van der Waals surface area contributed by atoms with Crippen molar-refractivity contribution in [3.05, 3.63) is 0 Å². The monoisotopic (exact) mass is 498 g/mol. The van der Waals surface area contributed by atoms with Gasteiger partial charge in [-0.1, -0.05) is 174 Å². The average molecular weight is 498 g/mol. The zero-order valence-electron chi connectivity index (χ0n) is 24.4. The van der Waals surface area contributed by atoms with E-state index in [1.54, 1.807) is 0 Å². The van der Waals surface area contributed by atoms with Gasteiger partial charge >= 0.3 is 5.97 Å². The van der Waals surface area contributed by atoms with Gasteiger partial charge in [-0.3, -0.25) is 4.79 Å². The highest BCUT2D eigenvalue weighted by Gasteiger charge is 1.97. The number of carboxylic acid groups (broad SMARTS) is 1. The van der Waals surface area contributed by atoms with Crippen LogP contribution in [0.4, 0.5) is 0 Å². The lowest BCUT2D eigenvalue weighted by Crippen LogP contribution is -1.97. The summed E-state index contributed by atoms with van der Waals surface area (Å²) in [6.07, 6.45) is 37.1. The van der Waals surface area contributed by atoms with E-state index in [1.807, 2.05) is 0 Å². The SMILES string of the molecule is CCCCCCCCCCCCCCCC(=O)O.CCCCCCCCCCCCCCCCN. The zero-order valence-corrected chi connectivity index (χ0v) is 24.4. The van der Waals surface area contributed by atoms with Crippen LogP contribution in [-0.2, 0) is 4.79 Å². The Morgan fingerprint density at radius 1 is 0.429 bits per heavy atom. The van der Waals surface area contributed by atoms with Crippen molar-refractivity contribution in [2.75, 3.05) is 6.54 Å². The van der Waals surface area contributed by atoms with Crippen LogP contribution in [0.2, 0.25) is 0 Å². The number of unbranched alkanes of at least 4 members (excludes halogenated alkanes) is 25.